The Labute approximate surface area is 120 Å². The van der Waals surface area contributed by atoms with Crippen LogP contribution in [0.2, 0.25) is 0 Å². The zero-order valence-electron chi connectivity index (χ0n) is 11.4. The summed E-state index contributed by atoms with van der Waals surface area (Å²) in [6, 6.07) is 3.47. The Morgan fingerprint density at radius 3 is 2.90 bits per heavy atom. The first-order valence-electron chi connectivity index (χ1n) is 6.34. The van der Waals surface area contributed by atoms with Gasteiger partial charge in [-0.25, -0.2) is 4.39 Å². The van der Waals surface area contributed by atoms with E-state index in [4.69, 9.17) is 10.5 Å². The highest BCUT2D eigenvalue weighted by atomic mass is 19.1. The molecule has 2 atom stereocenters. The first-order chi connectivity index (χ1) is 9.87. The predicted octanol–water partition coefficient (Wildman–Crippen LogP) is 1.54. The van der Waals surface area contributed by atoms with Crippen LogP contribution in [0.4, 0.5) is 10.1 Å². The molecule has 0 aliphatic heterocycles. The first-order valence-corrected chi connectivity index (χ1v) is 6.34. The van der Waals surface area contributed by atoms with Crippen molar-refractivity contribution in [1.82, 2.24) is 0 Å². The minimum Gasteiger partial charge on any atom is -0.481 e. The van der Waals surface area contributed by atoms with E-state index in [2.05, 4.69) is 4.74 Å². The fourth-order valence-corrected chi connectivity index (χ4v) is 2.44. The number of esters is 1. The van der Waals surface area contributed by atoms with E-state index >= 15 is 0 Å². The average Bonchev–Trinajstić information content (AvgIpc) is 2.82. The molecule has 2 unspecified atom stereocenters. The molecule has 1 fully saturated rings. The molecule has 8 heteroatoms. The third-order valence-corrected chi connectivity index (χ3v) is 3.52. The highest BCUT2D eigenvalue weighted by Gasteiger charge is 2.44. The van der Waals surface area contributed by atoms with E-state index in [1.165, 1.54) is 13.2 Å². The maximum absolute atomic E-state index is 13.7. The van der Waals surface area contributed by atoms with Crippen LogP contribution in [0, 0.1) is 15.9 Å². The van der Waals surface area contributed by atoms with Gasteiger partial charge >= 0.3 is 11.7 Å². The molecule has 0 heterocycles. The van der Waals surface area contributed by atoms with Gasteiger partial charge in [-0.3, -0.25) is 14.9 Å². The number of carbonyl (C=O) groups excluding carboxylic acids is 1. The van der Waals surface area contributed by atoms with Crippen LogP contribution in [0.3, 0.4) is 0 Å². The van der Waals surface area contributed by atoms with E-state index in [0.717, 1.165) is 12.1 Å². The fourth-order valence-electron chi connectivity index (χ4n) is 2.44. The minimum absolute atomic E-state index is 0.116. The largest absolute Gasteiger partial charge is 0.481 e. The lowest BCUT2D eigenvalue weighted by Crippen LogP contribution is -2.47. The van der Waals surface area contributed by atoms with E-state index in [-0.39, 0.29) is 6.42 Å². The highest BCUT2D eigenvalue weighted by molar-refractivity contribution is 5.81. The van der Waals surface area contributed by atoms with Crippen molar-refractivity contribution < 1.29 is 23.6 Å². The molecule has 1 aliphatic carbocycles. The van der Waals surface area contributed by atoms with Crippen molar-refractivity contribution in [2.24, 2.45) is 5.73 Å². The first kappa shape index (κ1) is 15.2. The van der Waals surface area contributed by atoms with Crippen molar-refractivity contribution in [3.8, 4) is 5.75 Å². The molecule has 0 radical (unpaired) electrons. The van der Waals surface area contributed by atoms with E-state index in [9.17, 15) is 19.3 Å². The van der Waals surface area contributed by atoms with Gasteiger partial charge in [-0.15, -0.1) is 0 Å². The maximum atomic E-state index is 13.7. The van der Waals surface area contributed by atoms with Crippen molar-refractivity contribution in [2.75, 3.05) is 7.11 Å². The molecule has 1 aromatic rings. The molecular formula is C13H15FN2O5. The number of nitro groups is 1. The van der Waals surface area contributed by atoms with Crippen LogP contribution in [0.5, 0.6) is 5.75 Å². The van der Waals surface area contributed by atoms with Crippen LogP contribution in [-0.4, -0.2) is 29.6 Å². The van der Waals surface area contributed by atoms with Crippen LogP contribution < -0.4 is 10.5 Å². The minimum atomic E-state index is -1.19. The SMILES string of the molecule is COC(=O)C1(N)CCC(Oc2c(F)cccc2[N+](=O)[O-])C1. The molecule has 0 amide bonds. The number of para-hydroxylation sites is 1. The summed E-state index contributed by atoms with van der Waals surface area (Å²) < 4.78 is 23.7. The molecule has 2 N–H and O–H groups in total. The number of halogens is 1. The number of carbonyl (C=O) groups is 1. The Morgan fingerprint density at radius 1 is 1.57 bits per heavy atom. The second-order valence-electron chi connectivity index (χ2n) is 4.98. The smallest absolute Gasteiger partial charge is 0.325 e. The molecule has 0 spiro atoms. The fraction of sp³-hybridized carbons (Fsp3) is 0.462. The van der Waals surface area contributed by atoms with Crippen molar-refractivity contribution in [3.63, 3.8) is 0 Å². The van der Waals surface area contributed by atoms with Gasteiger partial charge in [0.15, 0.2) is 5.82 Å². The molecule has 2 rings (SSSR count). The van der Waals surface area contributed by atoms with Gasteiger partial charge in [-0.2, -0.15) is 0 Å². The van der Waals surface area contributed by atoms with Crippen molar-refractivity contribution >= 4 is 11.7 Å². The van der Waals surface area contributed by atoms with Gasteiger partial charge < -0.3 is 15.2 Å². The Bertz CT molecular complexity index is 580. The summed E-state index contributed by atoms with van der Waals surface area (Å²) in [6.07, 6.45) is 0.235. The number of ether oxygens (including phenoxy) is 2. The molecule has 21 heavy (non-hydrogen) atoms. The summed E-state index contributed by atoms with van der Waals surface area (Å²) in [5.74, 6) is -1.82. The number of hydrogen-bond donors (Lipinski definition) is 1. The van der Waals surface area contributed by atoms with Crippen molar-refractivity contribution in [1.29, 1.82) is 0 Å². The molecule has 0 bridgehead atoms. The lowest BCUT2D eigenvalue weighted by molar-refractivity contribution is -0.386. The van der Waals surface area contributed by atoms with Crippen LogP contribution in [0.15, 0.2) is 18.2 Å². The lowest BCUT2D eigenvalue weighted by Gasteiger charge is -2.20. The van der Waals surface area contributed by atoms with E-state index < -0.39 is 39.8 Å². The third-order valence-electron chi connectivity index (χ3n) is 3.52. The Hall–Kier alpha value is -2.22. The monoisotopic (exact) mass is 298 g/mol. The van der Waals surface area contributed by atoms with Crippen LogP contribution in [-0.2, 0) is 9.53 Å². The summed E-state index contributed by atoms with van der Waals surface area (Å²) in [7, 11) is 1.23. The summed E-state index contributed by atoms with van der Waals surface area (Å²) in [6.45, 7) is 0. The van der Waals surface area contributed by atoms with Gasteiger partial charge in [-0.1, -0.05) is 6.07 Å². The van der Waals surface area contributed by atoms with E-state index in [1.54, 1.807) is 0 Å². The molecule has 1 saturated carbocycles. The van der Waals surface area contributed by atoms with Gasteiger partial charge in [0, 0.05) is 12.5 Å². The summed E-state index contributed by atoms with van der Waals surface area (Å²) >= 11 is 0. The van der Waals surface area contributed by atoms with Crippen molar-refractivity contribution in [2.45, 2.75) is 30.9 Å². The van der Waals surface area contributed by atoms with E-state index in [0.29, 0.717) is 12.8 Å². The molecule has 0 aromatic heterocycles. The highest BCUT2D eigenvalue weighted by Crippen LogP contribution is 2.36. The van der Waals surface area contributed by atoms with Crippen molar-refractivity contribution in [3.05, 3.63) is 34.1 Å². The third kappa shape index (κ3) is 2.94. The Balaban J connectivity index is 2.18. The zero-order valence-corrected chi connectivity index (χ0v) is 11.4. The molecule has 7 nitrogen and oxygen atoms in total. The van der Waals surface area contributed by atoms with Crippen LogP contribution in [0.25, 0.3) is 0 Å². The average molecular weight is 298 g/mol. The molecule has 0 saturated heterocycles. The van der Waals surface area contributed by atoms with E-state index in [1.807, 2.05) is 0 Å². The van der Waals surface area contributed by atoms with Crippen LogP contribution >= 0.6 is 0 Å². The summed E-state index contributed by atoms with van der Waals surface area (Å²) in [4.78, 5) is 21.8. The van der Waals surface area contributed by atoms with Gasteiger partial charge in [0.1, 0.15) is 11.6 Å². The molecule has 1 aliphatic rings. The van der Waals surface area contributed by atoms with Crippen LogP contribution in [0.1, 0.15) is 19.3 Å². The number of nitrogens with two attached hydrogens (primary N) is 1. The number of rotatable bonds is 4. The number of nitro benzene ring substituents is 1. The number of nitrogens with zero attached hydrogens (tertiary/aromatic N) is 1. The normalized spacial score (nSPS) is 24.6. The quantitative estimate of drug-likeness (QED) is 0.513. The summed E-state index contributed by atoms with van der Waals surface area (Å²) in [5, 5.41) is 10.9. The Morgan fingerprint density at radius 2 is 2.29 bits per heavy atom. The van der Waals surface area contributed by atoms with Gasteiger partial charge in [0.25, 0.3) is 0 Å². The zero-order chi connectivity index (χ0) is 15.6. The number of methoxy groups -OCH3 is 1. The second-order valence-corrected chi connectivity index (χ2v) is 4.98. The topological polar surface area (TPSA) is 105 Å². The van der Waals surface area contributed by atoms with Gasteiger partial charge in [-0.05, 0) is 18.9 Å². The number of hydrogen-bond acceptors (Lipinski definition) is 6. The molecular weight excluding hydrogens is 283 g/mol. The summed E-state index contributed by atoms with van der Waals surface area (Å²) in [5.41, 5.74) is 4.26. The molecule has 114 valence electrons. The predicted molar refractivity (Wildman–Crippen MR) is 70.3 cm³/mol. The number of benzene rings is 1. The standard InChI is InChI=1S/C13H15FN2O5/c1-20-12(17)13(15)6-5-8(7-13)21-11-9(14)3-2-4-10(11)16(18)19/h2-4,8H,5-7,15H2,1H3. The maximum Gasteiger partial charge on any atom is 0.325 e. The van der Waals surface area contributed by atoms with Gasteiger partial charge in [0.2, 0.25) is 5.75 Å². The second kappa shape index (κ2) is 5.65. The molecule has 1 aromatic carbocycles. The van der Waals surface area contributed by atoms with Gasteiger partial charge in [0.05, 0.1) is 12.0 Å². The Kier molecular flexibility index (Phi) is 4.08. The lowest BCUT2D eigenvalue weighted by atomic mass is 10.00.